The first kappa shape index (κ1) is 20.6. The van der Waals surface area contributed by atoms with Crippen LogP contribution in [0.5, 0.6) is 0 Å². The van der Waals surface area contributed by atoms with Gasteiger partial charge in [-0.25, -0.2) is 0 Å². The second-order valence-corrected chi connectivity index (χ2v) is 7.97. The minimum Gasteiger partial charge on any atom is -0.345 e. The van der Waals surface area contributed by atoms with Gasteiger partial charge in [-0.3, -0.25) is 9.59 Å². The molecule has 2 aromatic rings. The van der Waals surface area contributed by atoms with Crippen molar-refractivity contribution in [3.05, 3.63) is 59.7 Å². The van der Waals surface area contributed by atoms with Gasteiger partial charge in [0.05, 0.1) is 13.0 Å². The zero-order valence-corrected chi connectivity index (χ0v) is 16.7. The normalized spacial score (nSPS) is 10.1. The van der Waals surface area contributed by atoms with Crippen molar-refractivity contribution in [1.29, 1.82) is 0 Å². The van der Waals surface area contributed by atoms with Crippen LogP contribution in [-0.4, -0.2) is 23.6 Å². The molecule has 5 heteroatoms. The summed E-state index contributed by atoms with van der Waals surface area (Å²) in [4.78, 5) is 24.2. The van der Waals surface area contributed by atoms with Crippen LogP contribution in [0.3, 0.4) is 0 Å². The number of thioether (sulfide) groups is 1. The van der Waals surface area contributed by atoms with Gasteiger partial charge in [0, 0.05) is 28.3 Å². The minimum absolute atomic E-state index is 0.0467. The summed E-state index contributed by atoms with van der Waals surface area (Å²) in [5.74, 6) is 5.77. The van der Waals surface area contributed by atoms with Crippen LogP contribution in [0.1, 0.15) is 31.9 Å². The molecular weight excluding hydrogens is 356 g/mol. The van der Waals surface area contributed by atoms with Crippen molar-refractivity contribution in [2.45, 2.75) is 37.3 Å². The van der Waals surface area contributed by atoms with Crippen LogP contribution < -0.4 is 10.6 Å². The van der Waals surface area contributed by atoms with Gasteiger partial charge in [0.2, 0.25) is 11.8 Å². The lowest BCUT2D eigenvalue weighted by atomic mass is 10.1. The van der Waals surface area contributed by atoms with Gasteiger partial charge >= 0.3 is 0 Å². The Labute approximate surface area is 165 Å². The Kier molecular flexibility index (Phi) is 7.97. The van der Waals surface area contributed by atoms with Gasteiger partial charge in [0.15, 0.2) is 0 Å². The lowest BCUT2D eigenvalue weighted by Crippen LogP contribution is -2.25. The third-order valence-corrected chi connectivity index (χ3v) is 4.49. The summed E-state index contributed by atoms with van der Waals surface area (Å²) in [7, 11) is 0. The highest BCUT2D eigenvalue weighted by Gasteiger charge is 2.03. The Hall–Kier alpha value is -2.71. The standard InChI is InChI=1S/C22H24N2O2S/c1-16(2)27-21-12-8-19(9-13-21)15-22(26)23-14-4-5-18-6-10-20(11-7-18)24-17(3)25/h6-13,16H,14-15H2,1-3H3,(H,23,26)(H,24,25). The van der Waals surface area contributed by atoms with Gasteiger partial charge in [0.1, 0.15) is 0 Å². The summed E-state index contributed by atoms with van der Waals surface area (Å²) < 4.78 is 0. The number of benzene rings is 2. The van der Waals surface area contributed by atoms with E-state index in [1.807, 2.05) is 24.3 Å². The predicted molar refractivity (Wildman–Crippen MR) is 112 cm³/mol. The zero-order valence-electron chi connectivity index (χ0n) is 15.8. The van der Waals surface area contributed by atoms with Crippen LogP contribution in [0.25, 0.3) is 0 Å². The van der Waals surface area contributed by atoms with Crippen molar-refractivity contribution in [2.75, 3.05) is 11.9 Å². The molecule has 2 amide bonds. The van der Waals surface area contributed by atoms with E-state index in [1.54, 1.807) is 23.9 Å². The van der Waals surface area contributed by atoms with Crippen LogP contribution in [0.4, 0.5) is 5.69 Å². The van der Waals surface area contributed by atoms with E-state index in [0.717, 1.165) is 16.8 Å². The third kappa shape index (κ3) is 8.02. The van der Waals surface area contributed by atoms with Crippen molar-refractivity contribution in [2.24, 2.45) is 0 Å². The van der Waals surface area contributed by atoms with Gasteiger partial charge in [-0.15, -0.1) is 11.8 Å². The van der Waals surface area contributed by atoms with E-state index in [4.69, 9.17) is 0 Å². The molecule has 0 fully saturated rings. The molecule has 2 aromatic carbocycles. The Morgan fingerprint density at radius 3 is 2.30 bits per heavy atom. The smallest absolute Gasteiger partial charge is 0.225 e. The summed E-state index contributed by atoms with van der Waals surface area (Å²) in [6.07, 6.45) is 0.347. The SMILES string of the molecule is CC(=O)Nc1ccc(C#CCNC(=O)Cc2ccc(SC(C)C)cc2)cc1. The maximum absolute atomic E-state index is 12.0. The van der Waals surface area contributed by atoms with Crippen LogP contribution >= 0.6 is 11.8 Å². The summed E-state index contributed by atoms with van der Waals surface area (Å²) in [6, 6.07) is 15.3. The maximum atomic E-state index is 12.0. The van der Waals surface area contributed by atoms with E-state index in [9.17, 15) is 9.59 Å². The average molecular weight is 381 g/mol. The molecule has 2 N–H and O–H groups in total. The van der Waals surface area contributed by atoms with E-state index >= 15 is 0 Å². The maximum Gasteiger partial charge on any atom is 0.225 e. The molecule has 2 rings (SSSR count). The molecule has 0 aromatic heterocycles. The van der Waals surface area contributed by atoms with E-state index in [0.29, 0.717) is 18.2 Å². The first-order valence-electron chi connectivity index (χ1n) is 8.81. The quantitative estimate of drug-likeness (QED) is 0.591. The fourth-order valence-electron chi connectivity index (χ4n) is 2.34. The Morgan fingerprint density at radius 2 is 1.70 bits per heavy atom. The van der Waals surface area contributed by atoms with Gasteiger partial charge in [-0.1, -0.05) is 37.8 Å². The molecule has 0 aliphatic rings. The lowest BCUT2D eigenvalue weighted by molar-refractivity contribution is -0.120. The van der Waals surface area contributed by atoms with Crippen LogP contribution in [-0.2, 0) is 16.0 Å². The number of anilines is 1. The van der Waals surface area contributed by atoms with E-state index in [2.05, 4.69) is 48.5 Å². The van der Waals surface area contributed by atoms with Crippen molar-refractivity contribution >= 4 is 29.3 Å². The van der Waals surface area contributed by atoms with Crippen LogP contribution in [0.2, 0.25) is 0 Å². The highest BCUT2D eigenvalue weighted by molar-refractivity contribution is 7.99. The number of hydrogen-bond acceptors (Lipinski definition) is 3. The highest BCUT2D eigenvalue weighted by Crippen LogP contribution is 2.22. The van der Waals surface area contributed by atoms with Crippen LogP contribution in [0, 0.1) is 11.8 Å². The van der Waals surface area contributed by atoms with Gasteiger partial charge < -0.3 is 10.6 Å². The summed E-state index contributed by atoms with van der Waals surface area (Å²) in [5, 5.41) is 6.06. The molecule has 0 atom stereocenters. The summed E-state index contributed by atoms with van der Waals surface area (Å²) in [5.41, 5.74) is 2.55. The van der Waals surface area contributed by atoms with E-state index < -0.39 is 0 Å². The molecule has 0 saturated carbocycles. The van der Waals surface area contributed by atoms with E-state index in [-0.39, 0.29) is 11.8 Å². The molecule has 0 saturated heterocycles. The number of nitrogens with one attached hydrogen (secondary N) is 2. The summed E-state index contributed by atoms with van der Waals surface area (Å²) in [6.45, 7) is 6.08. The second kappa shape index (κ2) is 10.4. The molecule has 0 spiro atoms. The molecule has 0 unspecified atom stereocenters. The molecule has 27 heavy (non-hydrogen) atoms. The number of carbonyl (C=O) groups is 2. The highest BCUT2D eigenvalue weighted by atomic mass is 32.2. The molecule has 4 nitrogen and oxygen atoms in total. The van der Waals surface area contributed by atoms with E-state index in [1.165, 1.54) is 11.8 Å². The molecule has 140 valence electrons. The molecule has 0 heterocycles. The van der Waals surface area contributed by atoms with Crippen molar-refractivity contribution in [3.63, 3.8) is 0 Å². The Morgan fingerprint density at radius 1 is 1.04 bits per heavy atom. The number of amides is 2. The van der Waals surface area contributed by atoms with Crippen molar-refractivity contribution < 1.29 is 9.59 Å². The topological polar surface area (TPSA) is 58.2 Å². The molecular formula is C22H24N2O2S. The fourth-order valence-corrected chi connectivity index (χ4v) is 3.17. The molecule has 0 aliphatic heterocycles. The lowest BCUT2D eigenvalue weighted by Gasteiger charge is -2.06. The summed E-state index contributed by atoms with van der Waals surface area (Å²) >= 11 is 1.80. The monoisotopic (exact) mass is 380 g/mol. The first-order chi connectivity index (χ1) is 12.9. The Balaban J connectivity index is 1.77. The van der Waals surface area contributed by atoms with Gasteiger partial charge in [-0.05, 0) is 42.0 Å². The zero-order chi connectivity index (χ0) is 19.6. The minimum atomic E-state index is -0.107. The predicted octanol–water partition coefficient (Wildman–Crippen LogP) is 3.86. The Bertz CT molecular complexity index is 831. The largest absolute Gasteiger partial charge is 0.345 e. The van der Waals surface area contributed by atoms with Crippen LogP contribution in [0.15, 0.2) is 53.4 Å². The number of rotatable bonds is 6. The molecule has 0 radical (unpaired) electrons. The van der Waals surface area contributed by atoms with Crippen molar-refractivity contribution in [1.82, 2.24) is 5.32 Å². The van der Waals surface area contributed by atoms with Crippen molar-refractivity contribution in [3.8, 4) is 11.8 Å². The molecule has 0 bridgehead atoms. The average Bonchev–Trinajstić information content (AvgIpc) is 2.61. The fraction of sp³-hybridized carbons (Fsp3) is 0.273. The molecule has 0 aliphatic carbocycles. The second-order valence-electron chi connectivity index (χ2n) is 6.32. The van der Waals surface area contributed by atoms with Gasteiger partial charge in [-0.2, -0.15) is 0 Å². The van der Waals surface area contributed by atoms with Gasteiger partial charge in [0.25, 0.3) is 0 Å². The third-order valence-electron chi connectivity index (χ3n) is 3.47. The first-order valence-corrected chi connectivity index (χ1v) is 9.69. The number of carbonyl (C=O) groups excluding carboxylic acids is 2. The number of hydrogen-bond donors (Lipinski definition) is 2.